The lowest BCUT2D eigenvalue weighted by Gasteiger charge is -2.18. The maximum absolute atomic E-state index is 12.4. The Morgan fingerprint density at radius 1 is 0.615 bits per heavy atom. The zero-order valence-corrected chi connectivity index (χ0v) is 33.2. The Morgan fingerprint density at radius 2 is 1.15 bits per heavy atom. The molecule has 0 bridgehead atoms. The van der Waals surface area contributed by atoms with Crippen LogP contribution in [0.1, 0.15) is 155 Å². The summed E-state index contributed by atoms with van der Waals surface area (Å²) >= 11 is 0. The molecular weight excluding hydrogens is 679 g/mol. The number of unbranched alkanes of at least 4 members (excludes halogenated alkanes) is 13. The molecule has 3 N–H and O–H groups in total. The summed E-state index contributed by atoms with van der Waals surface area (Å²) in [4.78, 5) is 42.7. The summed E-state index contributed by atoms with van der Waals surface area (Å²) in [5.41, 5.74) is 0. The molecule has 0 saturated carbocycles. The average molecular weight is 751 g/mol. The van der Waals surface area contributed by atoms with Crippen molar-refractivity contribution in [3.63, 3.8) is 0 Å². The molecule has 0 rings (SSSR count). The van der Waals surface area contributed by atoms with Crippen LogP contribution >= 0.6 is 7.82 Å². The van der Waals surface area contributed by atoms with E-state index in [1.165, 1.54) is 64.2 Å². The number of phosphoric ester groups is 1. The number of aliphatic hydroxyl groups is 1. The Hall–Kier alpha value is -2.55. The number of carbonyl (C=O) groups is 2. The second-order valence-electron chi connectivity index (χ2n) is 13.1. The van der Waals surface area contributed by atoms with E-state index in [9.17, 15) is 19.3 Å². The minimum atomic E-state index is -4.79. The van der Waals surface area contributed by atoms with Crippen LogP contribution in [0, 0.1) is 0 Å². The Balaban J connectivity index is 4.18. The molecule has 0 saturated heterocycles. The molecule has 10 heteroatoms. The van der Waals surface area contributed by atoms with Crippen LogP contribution in [0.15, 0.2) is 72.9 Å². The van der Waals surface area contributed by atoms with E-state index in [0.29, 0.717) is 19.3 Å². The first-order valence-corrected chi connectivity index (χ1v) is 21.4. The number of rotatable bonds is 35. The zero-order valence-electron chi connectivity index (χ0n) is 32.3. The van der Waals surface area contributed by atoms with Gasteiger partial charge in [0.25, 0.3) is 0 Å². The van der Waals surface area contributed by atoms with Gasteiger partial charge in [-0.25, -0.2) is 4.57 Å². The molecule has 0 radical (unpaired) electrons. The fourth-order valence-corrected chi connectivity index (χ4v) is 5.49. The molecule has 0 fully saturated rings. The summed E-state index contributed by atoms with van der Waals surface area (Å²) in [7, 11) is -4.79. The van der Waals surface area contributed by atoms with Gasteiger partial charge in [0.2, 0.25) is 0 Å². The van der Waals surface area contributed by atoms with Crippen molar-refractivity contribution in [2.24, 2.45) is 0 Å². The molecule has 0 aromatic rings. The molecule has 1 unspecified atom stereocenters. The van der Waals surface area contributed by atoms with Gasteiger partial charge in [0.05, 0.1) is 12.7 Å². The number of phosphoric acid groups is 1. The van der Waals surface area contributed by atoms with Crippen molar-refractivity contribution in [1.29, 1.82) is 0 Å². The van der Waals surface area contributed by atoms with Crippen LogP contribution in [-0.2, 0) is 28.2 Å². The van der Waals surface area contributed by atoms with Crippen molar-refractivity contribution in [2.45, 2.75) is 167 Å². The molecule has 0 heterocycles. The number of allylic oxidation sites excluding steroid dienone is 10. The first-order valence-electron chi connectivity index (χ1n) is 19.8. The second kappa shape index (κ2) is 36.8. The Kier molecular flexibility index (Phi) is 35.0. The van der Waals surface area contributed by atoms with E-state index in [2.05, 4.69) is 54.8 Å². The first-order chi connectivity index (χ1) is 25.2. The van der Waals surface area contributed by atoms with Gasteiger partial charge in [0.1, 0.15) is 6.61 Å². The number of carbonyl (C=O) groups excluding carboxylic acids is 2. The average Bonchev–Trinajstić information content (AvgIpc) is 3.11. The third-order valence-corrected chi connectivity index (χ3v) is 8.57. The Labute approximate surface area is 315 Å². The maximum atomic E-state index is 12.4. The molecule has 52 heavy (non-hydrogen) atoms. The predicted molar refractivity (Wildman–Crippen MR) is 213 cm³/mol. The number of esters is 2. The van der Waals surface area contributed by atoms with Gasteiger partial charge in [-0.3, -0.25) is 14.1 Å². The van der Waals surface area contributed by atoms with Crippen LogP contribution in [0.5, 0.6) is 0 Å². The predicted octanol–water partition coefficient (Wildman–Crippen LogP) is 10.9. The topological polar surface area (TPSA) is 140 Å². The summed E-state index contributed by atoms with van der Waals surface area (Å²) in [5.74, 6) is -1.07. The van der Waals surface area contributed by atoms with Crippen molar-refractivity contribution < 1.29 is 43.0 Å². The number of ether oxygens (including phenoxy) is 2. The van der Waals surface area contributed by atoms with Gasteiger partial charge in [0.15, 0.2) is 6.10 Å². The van der Waals surface area contributed by atoms with Gasteiger partial charge < -0.3 is 24.4 Å². The third-order valence-electron chi connectivity index (χ3n) is 8.08. The molecule has 0 aliphatic heterocycles. The summed E-state index contributed by atoms with van der Waals surface area (Å²) in [6, 6.07) is 0. The standard InChI is InChI=1S/C42H71O9P/c1-3-5-7-9-11-13-15-17-19-21-23-25-27-31-36-42(45)51-40(38-50-52(46,47)48)37-49-41(44)35-32-28-30-34-39(43)33-29-26-24-22-20-18-16-14-12-10-8-6-4-2/h6,8,12,14,18,20,24,26,28-30,33,39-40,43H,3-5,7,9-11,13,15-17,19,21-23,25,27,31-32,34-38H2,1-2H3,(H2,46,47,48)/b8-6-,14-12-,20-18-,26-24-,30-28-,33-29-/t39?,40-/m1/s1. The van der Waals surface area contributed by atoms with Crippen LogP contribution < -0.4 is 0 Å². The molecule has 0 aliphatic rings. The fourth-order valence-electron chi connectivity index (χ4n) is 5.13. The number of aliphatic hydroxyl groups excluding tert-OH is 1. The summed E-state index contributed by atoms with van der Waals surface area (Å²) in [6.07, 6.45) is 43.7. The summed E-state index contributed by atoms with van der Waals surface area (Å²) in [6.45, 7) is 3.41. The molecule has 0 aliphatic carbocycles. The highest BCUT2D eigenvalue weighted by molar-refractivity contribution is 7.46. The van der Waals surface area contributed by atoms with E-state index < -0.39 is 38.6 Å². The van der Waals surface area contributed by atoms with Crippen LogP contribution in [0.4, 0.5) is 0 Å². The molecule has 2 atom stereocenters. The smallest absolute Gasteiger partial charge is 0.462 e. The van der Waals surface area contributed by atoms with Gasteiger partial charge in [-0.15, -0.1) is 0 Å². The van der Waals surface area contributed by atoms with Gasteiger partial charge in [0, 0.05) is 12.8 Å². The molecule has 0 amide bonds. The van der Waals surface area contributed by atoms with E-state index in [1.807, 2.05) is 18.2 Å². The third kappa shape index (κ3) is 38.7. The lowest BCUT2D eigenvalue weighted by Crippen LogP contribution is -2.29. The van der Waals surface area contributed by atoms with Crippen molar-refractivity contribution in [1.82, 2.24) is 0 Å². The van der Waals surface area contributed by atoms with E-state index in [0.717, 1.165) is 44.9 Å². The highest BCUT2D eigenvalue weighted by Crippen LogP contribution is 2.36. The molecular formula is C42H71O9P. The normalized spacial score (nSPS) is 13.9. The molecule has 0 spiro atoms. The van der Waals surface area contributed by atoms with Crippen LogP contribution in [0.3, 0.4) is 0 Å². The van der Waals surface area contributed by atoms with Crippen molar-refractivity contribution in [3.8, 4) is 0 Å². The van der Waals surface area contributed by atoms with Crippen molar-refractivity contribution >= 4 is 19.8 Å². The van der Waals surface area contributed by atoms with Gasteiger partial charge in [-0.1, -0.05) is 170 Å². The van der Waals surface area contributed by atoms with Gasteiger partial charge in [-0.05, 0) is 44.9 Å². The largest absolute Gasteiger partial charge is 0.469 e. The first kappa shape index (κ1) is 49.5. The Bertz CT molecular complexity index is 1090. The van der Waals surface area contributed by atoms with Gasteiger partial charge >= 0.3 is 19.8 Å². The van der Waals surface area contributed by atoms with E-state index >= 15 is 0 Å². The van der Waals surface area contributed by atoms with Crippen molar-refractivity contribution in [3.05, 3.63) is 72.9 Å². The molecule has 9 nitrogen and oxygen atoms in total. The number of hydrogen-bond acceptors (Lipinski definition) is 7. The van der Waals surface area contributed by atoms with E-state index in [1.54, 1.807) is 18.2 Å². The molecule has 0 aromatic carbocycles. The monoisotopic (exact) mass is 750 g/mol. The van der Waals surface area contributed by atoms with Crippen molar-refractivity contribution in [2.75, 3.05) is 13.2 Å². The maximum Gasteiger partial charge on any atom is 0.469 e. The molecule has 0 aromatic heterocycles. The lowest BCUT2D eigenvalue weighted by molar-refractivity contribution is -0.161. The SMILES string of the molecule is CC/C=C\C/C=C\C/C=C\C/C=C\C=C/C(O)C/C=C\CCC(=O)OC[C@H](COP(=O)(O)O)OC(=O)CCCCCCCCCCCCCCCC. The second-order valence-corrected chi connectivity index (χ2v) is 14.3. The summed E-state index contributed by atoms with van der Waals surface area (Å²) < 4.78 is 26.2. The lowest BCUT2D eigenvalue weighted by atomic mass is 10.0. The fraction of sp³-hybridized carbons (Fsp3) is 0.667. The highest BCUT2D eigenvalue weighted by Gasteiger charge is 2.22. The Morgan fingerprint density at radius 3 is 1.71 bits per heavy atom. The quantitative estimate of drug-likeness (QED) is 0.0190. The number of hydrogen-bond donors (Lipinski definition) is 3. The van der Waals surface area contributed by atoms with E-state index in [4.69, 9.17) is 19.3 Å². The zero-order chi connectivity index (χ0) is 38.4. The minimum absolute atomic E-state index is 0.0590. The highest BCUT2D eigenvalue weighted by atomic mass is 31.2. The van der Waals surface area contributed by atoms with Crippen LogP contribution in [-0.4, -0.2) is 52.3 Å². The van der Waals surface area contributed by atoms with E-state index in [-0.39, 0.29) is 19.4 Å². The van der Waals surface area contributed by atoms with Gasteiger partial charge in [-0.2, -0.15) is 0 Å². The molecule has 298 valence electrons. The van der Waals surface area contributed by atoms with Crippen LogP contribution in [0.2, 0.25) is 0 Å². The summed E-state index contributed by atoms with van der Waals surface area (Å²) in [5, 5.41) is 10.1. The van der Waals surface area contributed by atoms with Crippen LogP contribution in [0.25, 0.3) is 0 Å². The minimum Gasteiger partial charge on any atom is -0.462 e.